The second kappa shape index (κ2) is 5.55. The van der Waals surface area contributed by atoms with Crippen LogP contribution in [0.15, 0.2) is 0 Å². The molecular formula is C11H21N5O. The van der Waals surface area contributed by atoms with Gasteiger partial charge in [0.05, 0.1) is 19.3 Å². The van der Waals surface area contributed by atoms with Gasteiger partial charge in [-0.3, -0.25) is 4.90 Å². The SMILES string of the molecule is CCCn1nnnc1CN1C[C@@H](C)OC[C@@H]1C. The highest BCUT2D eigenvalue weighted by molar-refractivity contribution is 4.85. The monoisotopic (exact) mass is 239 g/mol. The van der Waals surface area contributed by atoms with E-state index < -0.39 is 0 Å². The largest absolute Gasteiger partial charge is 0.376 e. The quantitative estimate of drug-likeness (QED) is 0.774. The van der Waals surface area contributed by atoms with E-state index in [9.17, 15) is 0 Å². The van der Waals surface area contributed by atoms with Gasteiger partial charge in [-0.15, -0.1) is 5.10 Å². The fourth-order valence-corrected chi connectivity index (χ4v) is 2.10. The summed E-state index contributed by atoms with van der Waals surface area (Å²) in [7, 11) is 0. The van der Waals surface area contributed by atoms with Crippen molar-refractivity contribution in [2.45, 2.75) is 52.4 Å². The molecule has 2 rings (SSSR count). The molecule has 1 saturated heterocycles. The highest BCUT2D eigenvalue weighted by atomic mass is 16.5. The van der Waals surface area contributed by atoms with E-state index in [1.54, 1.807) is 0 Å². The van der Waals surface area contributed by atoms with Gasteiger partial charge in [0.25, 0.3) is 0 Å². The van der Waals surface area contributed by atoms with Gasteiger partial charge in [0.15, 0.2) is 5.82 Å². The lowest BCUT2D eigenvalue weighted by Gasteiger charge is -2.36. The number of nitrogens with zero attached hydrogens (tertiary/aromatic N) is 5. The summed E-state index contributed by atoms with van der Waals surface area (Å²) in [5, 5.41) is 11.9. The molecular weight excluding hydrogens is 218 g/mol. The Hall–Kier alpha value is -1.01. The zero-order valence-corrected chi connectivity index (χ0v) is 10.8. The summed E-state index contributed by atoms with van der Waals surface area (Å²) in [6.07, 6.45) is 1.34. The van der Waals surface area contributed by atoms with Gasteiger partial charge in [0, 0.05) is 19.1 Å². The van der Waals surface area contributed by atoms with Gasteiger partial charge in [0.1, 0.15) is 0 Å². The molecule has 1 aliphatic heterocycles. The Balaban J connectivity index is 2.01. The number of aryl methyl sites for hydroxylation is 1. The van der Waals surface area contributed by atoms with Crippen LogP contribution in [-0.2, 0) is 17.8 Å². The molecule has 0 aliphatic carbocycles. The van der Waals surface area contributed by atoms with Crippen molar-refractivity contribution < 1.29 is 4.74 Å². The number of rotatable bonds is 4. The predicted octanol–water partition coefficient (Wildman–Crippen LogP) is 0.692. The van der Waals surface area contributed by atoms with Crippen LogP contribution in [0.1, 0.15) is 33.0 Å². The highest BCUT2D eigenvalue weighted by Crippen LogP contribution is 2.13. The van der Waals surface area contributed by atoms with Crippen molar-refractivity contribution in [2.75, 3.05) is 13.2 Å². The molecule has 0 amide bonds. The Labute approximate surface area is 102 Å². The highest BCUT2D eigenvalue weighted by Gasteiger charge is 2.24. The summed E-state index contributed by atoms with van der Waals surface area (Å²) >= 11 is 0. The number of hydrogen-bond donors (Lipinski definition) is 0. The molecule has 6 heteroatoms. The van der Waals surface area contributed by atoms with Crippen LogP contribution >= 0.6 is 0 Å². The molecule has 6 nitrogen and oxygen atoms in total. The summed E-state index contributed by atoms with van der Waals surface area (Å²) in [6, 6.07) is 0.429. The number of hydrogen-bond acceptors (Lipinski definition) is 5. The lowest BCUT2D eigenvalue weighted by atomic mass is 10.2. The average Bonchev–Trinajstić information content (AvgIpc) is 2.72. The van der Waals surface area contributed by atoms with Crippen LogP contribution in [0.25, 0.3) is 0 Å². The maximum Gasteiger partial charge on any atom is 0.165 e. The number of morpholine rings is 1. The molecule has 0 unspecified atom stereocenters. The van der Waals surface area contributed by atoms with Gasteiger partial charge < -0.3 is 4.74 Å². The summed E-state index contributed by atoms with van der Waals surface area (Å²) in [5.41, 5.74) is 0. The summed E-state index contributed by atoms with van der Waals surface area (Å²) in [4.78, 5) is 2.38. The molecule has 0 radical (unpaired) electrons. The fourth-order valence-electron chi connectivity index (χ4n) is 2.10. The van der Waals surface area contributed by atoms with Gasteiger partial charge in [-0.05, 0) is 30.7 Å². The Kier molecular flexibility index (Phi) is 4.06. The lowest BCUT2D eigenvalue weighted by Crippen LogP contribution is -2.47. The van der Waals surface area contributed by atoms with Gasteiger partial charge in [-0.2, -0.15) is 0 Å². The minimum absolute atomic E-state index is 0.293. The first kappa shape index (κ1) is 12.4. The first-order chi connectivity index (χ1) is 8.20. The van der Waals surface area contributed by atoms with Crippen molar-refractivity contribution in [3.8, 4) is 0 Å². The smallest absolute Gasteiger partial charge is 0.165 e. The molecule has 17 heavy (non-hydrogen) atoms. The van der Waals surface area contributed by atoms with Crippen LogP contribution in [0.3, 0.4) is 0 Å². The van der Waals surface area contributed by atoms with Crippen LogP contribution in [0.2, 0.25) is 0 Å². The molecule has 0 bridgehead atoms. The number of tetrazole rings is 1. The Morgan fingerprint density at radius 3 is 3.00 bits per heavy atom. The van der Waals surface area contributed by atoms with Gasteiger partial charge >= 0.3 is 0 Å². The second-order valence-electron chi connectivity index (χ2n) is 4.74. The van der Waals surface area contributed by atoms with Crippen LogP contribution in [0.4, 0.5) is 0 Å². The van der Waals surface area contributed by atoms with E-state index in [0.717, 1.165) is 38.5 Å². The maximum absolute atomic E-state index is 5.62. The van der Waals surface area contributed by atoms with E-state index in [4.69, 9.17) is 4.74 Å². The minimum atomic E-state index is 0.293. The molecule has 0 spiro atoms. The van der Waals surface area contributed by atoms with E-state index in [1.165, 1.54) is 0 Å². The third-order valence-electron chi connectivity index (χ3n) is 3.12. The molecule has 0 aromatic carbocycles. The molecule has 1 fully saturated rings. The first-order valence-corrected chi connectivity index (χ1v) is 6.31. The lowest BCUT2D eigenvalue weighted by molar-refractivity contribution is -0.0539. The average molecular weight is 239 g/mol. The Morgan fingerprint density at radius 2 is 2.24 bits per heavy atom. The molecule has 96 valence electrons. The van der Waals surface area contributed by atoms with Crippen molar-refractivity contribution >= 4 is 0 Å². The second-order valence-corrected chi connectivity index (χ2v) is 4.74. The van der Waals surface area contributed by atoms with Crippen LogP contribution in [0, 0.1) is 0 Å². The van der Waals surface area contributed by atoms with Crippen LogP contribution in [0.5, 0.6) is 0 Å². The first-order valence-electron chi connectivity index (χ1n) is 6.31. The van der Waals surface area contributed by atoms with Crippen molar-refractivity contribution in [1.82, 2.24) is 25.1 Å². The van der Waals surface area contributed by atoms with E-state index in [2.05, 4.69) is 41.2 Å². The maximum atomic E-state index is 5.62. The molecule has 0 saturated carbocycles. The molecule has 1 aliphatic rings. The van der Waals surface area contributed by atoms with Gasteiger partial charge in [0.2, 0.25) is 0 Å². The van der Waals surface area contributed by atoms with Crippen molar-refractivity contribution in [1.29, 1.82) is 0 Å². The van der Waals surface area contributed by atoms with Crippen molar-refractivity contribution in [2.24, 2.45) is 0 Å². The molecule has 2 heterocycles. The number of aromatic nitrogens is 4. The number of ether oxygens (including phenoxy) is 1. The minimum Gasteiger partial charge on any atom is -0.376 e. The Morgan fingerprint density at radius 1 is 1.41 bits per heavy atom. The third-order valence-corrected chi connectivity index (χ3v) is 3.12. The zero-order chi connectivity index (χ0) is 12.3. The topological polar surface area (TPSA) is 56.1 Å². The normalized spacial score (nSPS) is 26.3. The molecule has 0 N–H and O–H groups in total. The fraction of sp³-hybridized carbons (Fsp3) is 0.909. The standard InChI is InChI=1S/C11H21N5O/c1-4-5-16-11(12-13-14-16)7-15-6-10(3)17-8-9(15)2/h9-10H,4-8H2,1-3H3/t9-,10+/m0/s1. The molecule has 2 atom stereocenters. The van der Waals surface area contributed by atoms with E-state index in [-0.39, 0.29) is 0 Å². The van der Waals surface area contributed by atoms with Crippen molar-refractivity contribution in [3.63, 3.8) is 0 Å². The van der Waals surface area contributed by atoms with Gasteiger partial charge in [-0.25, -0.2) is 4.68 Å². The van der Waals surface area contributed by atoms with Crippen LogP contribution < -0.4 is 0 Å². The van der Waals surface area contributed by atoms with Crippen LogP contribution in [-0.4, -0.2) is 50.4 Å². The summed E-state index contributed by atoms with van der Waals surface area (Å²) in [5.74, 6) is 0.952. The summed E-state index contributed by atoms with van der Waals surface area (Å²) in [6.45, 7) is 9.84. The van der Waals surface area contributed by atoms with E-state index in [1.807, 2.05) is 4.68 Å². The molecule has 1 aromatic heterocycles. The zero-order valence-electron chi connectivity index (χ0n) is 10.8. The molecule has 1 aromatic rings. The van der Waals surface area contributed by atoms with Crippen molar-refractivity contribution in [3.05, 3.63) is 5.82 Å². The summed E-state index contributed by atoms with van der Waals surface area (Å²) < 4.78 is 7.51. The van der Waals surface area contributed by atoms with Gasteiger partial charge in [-0.1, -0.05) is 6.92 Å². The van der Waals surface area contributed by atoms with E-state index in [0.29, 0.717) is 12.1 Å². The predicted molar refractivity (Wildman–Crippen MR) is 63.4 cm³/mol. The third kappa shape index (κ3) is 3.01. The Bertz CT molecular complexity index is 353. The van der Waals surface area contributed by atoms with E-state index >= 15 is 0 Å².